The zero-order chi connectivity index (χ0) is 30.8. The van der Waals surface area contributed by atoms with Gasteiger partial charge in [0.25, 0.3) is 0 Å². The van der Waals surface area contributed by atoms with Crippen LogP contribution in [0.15, 0.2) is 96.1 Å². The van der Waals surface area contributed by atoms with E-state index in [2.05, 4.69) is 15.8 Å². The van der Waals surface area contributed by atoms with Gasteiger partial charge in [-0.05, 0) is 91.9 Å². The fourth-order valence-corrected chi connectivity index (χ4v) is 3.72. The Morgan fingerprint density at radius 3 is 1.86 bits per heavy atom. The zero-order valence-electron chi connectivity index (χ0n) is 22.5. The number of esters is 2. The number of hydrazone groups is 1. The van der Waals surface area contributed by atoms with Crippen LogP contribution in [0.1, 0.15) is 33.2 Å². The number of amides is 2. The SMILES string of the molecule is CCOc1ccc(NC(=O)C(=O)N/N=C\c2ccc(OC(=O)c3ccc(Cl)cc3)cc2OC(=O)c2ccc(Cl)cc2)cc1. The second-order valence-electron chi connectivity index (χ2n) is 8.60. The Morgan fingerprint density at radius 2 is 1.28 bits per heavy atom. The highest BCUT2D eigenvalue weighted by Gasteiger charge is 2.16. The third-order valence-electron chi connectivity index (χ3n) is 5.56. The summed E-state index contributed by atoms with van der Waals surface area (Å²) in [5.41, 5.74) is 3.18. The van der Waals surface area contributed by atoms with E-state index in [9.17, 15) is 19.2 Å². The first-order chi connectivity index (χ1) is 20.7. The molecular weight excluding hydrogens is 597 g/mol. The molecule has 2 N–H and O–H groups in total. The van der Waals surface area contributed by atoms with E-state index in [1.807, 2.05) is 6.92 Å². The predicted molar refractivity (Wildman–Crippen MR) is 161 cm³/mol. The Morgan fingerprint density at radius 1 is 0.721 bits per heavy atom. The molecule has 0 atom stereocenters. The van der Waals surface area contributed by atoms with Crippen LogP contribution in [-0.4, -0.2) is 36.6 Å². The van der Waals surface area contributed by atoms with Gasteiger partial charge in [-0.25, -0.2) is 15.0 Å². The lowest BCUT2D eigenvalue weighted by molar-refractivity contribution is -0.136. The lowest BCUT2D eigenvalue weighted by Crippen LogP contribution is -2.32. The van der Waals surface area contributed by atoms with Crippen LogP contribution in [0.2, 0.25) is 10.0 Å². The van der Waals surface area contributed by atoms with E-state index in [1.54, 1.807) is 36.4 Å². The summed E-state index contributed by atoms with van der Waals surface area (Å²) < 4.78 is 16.3. The maximum absolute atomic E-state index is 12.8. The second-order valence-corrected chi connectivity index (χ2v) is 9.48. The van der Waals surface area contributed by atoms with Gasteiger partial charge in [0, 0.05) is 27.4 Å². The number of benzene rings is 4. The smallest absolute Gasteiger partial charge is 0.343 e. The molecule has 4 rings (SSSR count). The van der Waals surface area contributed by atoms with Crippen molar-refractivity contribution in [2.24, 2.45) is 5.10 Å². The number of hydrogen-bond donors (Lipinski definition) is 2. The fraction of sp³-hybridized carbons (Fsp3) is 0.0645. The molecule has 0 radical (unpaired) electrons. The summed E-state index contributed by atoms with van der Waals surface area (Å²) >= 11 is 11.8. The van der Waals surface area contributed by atoms with E-state index < -0.39 is 23.8 Å². The Hall–Kier alpha value is -5.19. The van der Waals surface area contributed by atoms with Gasteiger partial charge in [-0.15, -0.1) is 0 Å². The molecule has 0 bridgehead atoms. The average Bonchev–Trinajstić information content (AvgIpc) is 3.00. The van der Waals surface area contributed by atoms with Crippen LogP contribution in [0, 0.1) is 0 Å². The molecule has 0 aliphatic heterocycles. The van der Waals surface area contributed by atoms with Gasteiger partial charge in [0.05, 0.1) is 23.9 Å². The van der Waals surface area contributed by atoms with E-state index in [0.29, 0.717) is 28.1 Å². The Balaban J connectivity index is 1.48. The largest absolute Gasteiger partial charge is 0.494 e. The van der Waals surface area contributed by atoms with Crippen molar-refractivity contribution < 1.29 is 33.4 Å². The summed E-state index contributed by atoms with van der Waals surface area (Å²) in [6, 6.07) is 22.8. The van der Waals surface area contributed by atoms with Crippen molar-refractivity contribution in [3.63, 3.8) is 0 Å². The van der Waals surface area contributed by atoms with Crippen molar-refractivity contribution in [3.05, 3.63) is 118 Å². The number of halogens is 2. The molecule has 0 unspecified atom stereocenters. The molecule has 0 aliphatic carbocycles. The number of anilines is 1. The highest BCUT2D eigenvalue weighted by molar-refractivity contribution is 6.39. The van der Waals surface area contributed by atoms with E-state index in [4.69, 9.17) is 37.4 Å². The molecule has 43 heavy (non-hydrogen) atoms. The zero-order valence-corrected chi connectivity index (χ0v) is 24.0. The topological polar surface area (TPSA) is 132 Å². The molecule has 0 aromatic heterocycles. The monoisotopic (exact) mass is 619 g/mol. The summed E-state index contributed by atoms with van der Waals surface area (Å²) in [6.07, 6.45) is 1.16. The first kappa shape index (κ1) is 30.8. The molecule has 0 saturated carbocycles. The van der Waals surface area contributed by atoms with Crippen molar-refractivity contribution in [3.8, 4) is 17.2 Å². The minimum absolute atomic E-state index is 0.0433. The molecule has 0 heterocycles. The lowest BCUT2D eigenvalue weighted by Gasteiger charge is -2.11. The average molecular weight is 620 g/mol. The van der Waals surface area contributed by atoms with Gasteiger partial charge in [0.1, 0.15) is 17.2 Å². The van der Waals surface area contributed by atoms with Crippen molar-refractivity contribution >= 4 is 58.9 Å². The molecule has 0 saturated heterocycles. The van der Waals surface area contributed by atoms with Crippen LogP contribution in [0.3, 0.4) is 0 Å². The number of carbonyl (C=O) groups is 4. The highest BCUT2D eigenvalue weighted by atomic mass is 35.5. The normalized spacial score (nSPS) is 10.6. The van der Waals surface area contributed by atoms with E-state index in [1.165, 1.54) is 54.6 Å². The van der Waals surface area contributed by atoms with Gasteiger partial charge in [-0.3, -0.25) is 9.59 Å². The molecule has 218 valence electrons. The van der Waals surface area contributed by atoms with Gasteiger partial charge < -0.3 is 19.5 Å². The molecule has 4 aromatic carbocycles. The van der Waals surface area contributed by atoms with Gasteiger partial charge in [0.2, 0.25) is 0 Å². The number of ether oxygens (including phenoxy) is 3. The molecular formula is C31H23Cl2N3O7. The van der Waals surface area contributed by atoms with E-state index in [-0.39, 0.29) is 28.2 Å². The molecule has 2 amide bonds. The highest BCUT2D eigenvalue weighted by Crippen LogP contribution is 2.26. The quantitative estimate of drug-likeness (QED) is 0.0781. The molecule has 12 heteroatoms. The maximum Gasteiger partial charge on any atom is 0.343 e. The molecule has 0 aliphatic rings. The Kier molecular flexibility index (Phi) is 10.5. The van der Waals surface area contributed by atoms with Crippen LogP contribution < -0.4 is 25.0 Å². The van der Waals surface area contributed by atoms with Crippen LogP contribution in [0.4, 0.5) is 5.69 Å². The molecule has 4 aromatic rings. The summed E-state index contributed by atoms with van der Waals surface area (Å²) in [5.74, 6) is -2.76. The van der Waals surface area contributed by atoms with Crippen LogP contribution in [0.5, 0.6) is 17.2 Å². The molecule has 0 fully saturated rings. The van der Waals surface area contributed by atoms with E-state index in [0.717, 1.165) is 6.21 Å². The van der Waals surface area contributed by atoms with Crippen molar-refractivity contribution in [1.29, 1.82) is 0 Å². The Bertz CT molecular complexity index is 1660. The standard InChI is InChI=1S/C31H23Cl2N3O7/c1-2-41-25-15-12-24(13-16-25)35-28(37)29(38)36-34-18-21-7-14-26(42-30(39)19-3-8-22(32)9-4-19)17-27(21)43-31(40)20-5-10-23(33)11-6-20/h3-18H,2H2,1H3,(H,35,37)(H,36,38)/b34-18-. The van der Waals surface area contributed by atoms with Gasteiger partial charge in [-0.2, -0.15) is 5.10 Å². The number of nitrogens with zero attached hydrogens (tertiary/aromatic N) is 1. The minimum Gasteiger partial charge on any atom is -0.494 e. The van der Waals surface area contributed by atoms with Crippen molar-refractivity contribution in [2.45, 2.75) is 6.92 Å². The summed E-state index contributed by atoms with van der Waals surface area (Å²) in [7, 11) is 0. The van der Waals surface area contributed by atoms with Crippen LogP contribution in [0.25, 0.3) is 0 Å². The molecule has 10 nitrogen and oxygen atoms in total. The van der Waals surface area contributed by atoms with Gasteiger partial charge in [-0.1, -0.05) is 23.2 Å². The summed E-state index contributed by atoms with van der Waals surface area (Å²) in [4.78, 5) is 50.0. The van der Waals surface area contributed by atoms with E-state index >= 15 is 0 Å². The van der Waals surface area contributed by atoms with Crippen molar-refractivity contribution in [1.82, 2.24) is 5.43 Å². The number of rotatable bonds is 9. The van der Waals surface area contributed by atoms with Crippen LogP contribution in [-0.2, 0) is 9.59 Å². The summed E-state index contributed by atoms with van der Waals surface area (Å²) in [6.45, 7) is 2.34. The number of nitrogens with one attached hydrogen (secondary N) is 2. The van der Waals surface area contributed by atoms with Gasteiger partial charge in [0.15, 0.2) is 0 Å². The maximum atomic E-state index is 12.8. The third kappa shape index (κ3) is 8.90. The fourth-order valence-electron chi connectivity index (χ4n) is 3.47. The molecule has 0 spiro atoms. The van der Waals surface area contributed by atoms with Gasteiger partial charge >= 0.3 is 23.8 Å². The first-order valence-electron chi connectivity index (χ1n) is 12.7. The minimum atomic E-state index is -1.04. The van der Waals surface area contributed by atoms with Crippen molar-refractivity contribution in [2.75, 3.05) is 11.9 Å². The summed E-state index contributed by atoms with van der Waals surface area (Å²) in [5, 5.41) is 7.14. The Labute approximate surface area is 256 Å². The second kappa shape index (κ2) is 14.6. The lowest BCUT2D eigenvalue weighted by atomic mass is 10.2. The predicted octanol–water partition coefficient (Wildman–Crippen LogP) is 5.92. The number of carbonyl (C=O) groups excluding carboxylic acids is 4. The number of hydrogen-bond acceptors (Lipinski definition) is 8. The third-order valence-corrected chi connectivity index (χ3v) is 6.06. The first-order valence-corrected chi connectivity index (χ1v) is 13.4. The van der Waals surface area contributed by atoms with Crippen LogP contribution >= 0.6 is 23.2 Å².